The third kappa shape index (κ3) is 3.79. The van der Waals surface area contributed by atoms with Gasteiger partial charge < -0.3 is 19.3 Å². The van der Waals surface area contributed by atoms with Gasteiger partial charge in [0.25, 0.3) is 0 Å². The molecule has 35 heavy (non-hydrogen) atoms. The van der Waals surface area contributed by atoms with Crippen molar-refractivity contribution in [3.8, 4) is 17.2 Å². The molecule has 0 aromatic heterocycles. The first-order chi connectivity index (χ1) is 17.2. The van der Waals surface area contributed by atoms with E-state index in [-0.39, 0.29) is 6.04 Å². The molecule has 2 atom stereocenters. The maximum Gasteiger partial charge on any atom is 0.161 e. The van der Waals surface area contributed by atoms with E-state index in [1.165, 1.54) is 18.4 Å². The lowest BCUT2D eigenvalue weighted by molar-refractivity contribution is 0.00754. The van der Waals surface area contributed by atoms with Gasteiger partial charge in [0, 0.05) is 12.6 Å². The van der Waals surface area contributed by atoms with E-state index in [4.69, 9.17) is 14.2 Å². The number of aliphatic hydroxyl groups is 1. The summed E-state index contributed by atoms with van der Waals surface area (Å²) in [6, 6.07) is 20.8. The molecule has 2 unspecified atom stereocenters. The molecule has 0 radical (unpaired) electrons. The van der Waals surface area contributed by atoms with Gasteiger partial charge in [-0.1, -0.05) is 42.8 Å². The van der Waals surface area contributed by atoms with Gasteiger partial charge in [0.2, 0.25) is 0 Å². The Balaban J connectivity index is 1.55. The summed E-state index contributed by atoms with van der Waals surface area (Å²) in [5, 5.41) is 16.0. The van der Waals surface area contributed by atoms with E-state index in [0.717, 1.165) is 57.9 Å². The number of nitrogens with zero attached hydrogens (tertiary/aromatic N) is 1. The third-order valence-electron chi connectivity index (χ3n) is 7.68. The summed E-state index contributed by atoms with van der Waals surface area (Å²) in [6.45, 7) is 2.40. The molecule has 6 rings (SSSR count). The molecule has 2 heterocycles. The largest absolute Gasteiger partial charge is 0.493 e. The molecule has 1 N–H and O–H groups in total. The Morgan fingerprint density at radius 2 is 1.60 bits per heavy atom. The van der Waals surface area contributed by atoms with Crippen LogP contribution in [0.15, 0.2) is 60.7 Å². The molecule has 5 heteroatoms. The number of methoxy groups -OCH3 is 2. The quantitative estimate of drug-likeness (QED) is 0.364. The fourth-order valence-electron chi connectivity index (χ4n) is 5.95. The molecule has 1 fully saturated rings. The molecule has 0 aliphatic carbocycles. The fourth-order valence-corrected chi connectivity index (χ4v) is 5.95. The smallest absolute Gasteiger partial charge is 0.161 e. The number of rotatable bonds is 5. The van der Waals surface area contributed by atoms with Crippen molar-refractivity contribution >= 4 is 21.5 Å². The van der Waals surface area contributed by atoms with Crippen LogP contribution in [0.4, 0.5) is 0 Å². The molecule has 5 nitrogen and oxygen atoms in total. The van der Waals surface area contributed by atoms with Crippen LogP contribution in [0.1, 0.15) is 42.1 Å². The van der Waals surface area contributed by atoms with Crippen molar-refractivity contribution in [3.63, 3.8) is 0 Å². The molecule has 4 aromatic rings. The minimum atomic E-state index is -0.530. The molecule has 4 aromatic carbocycles. The summed E-state index contributed by atoms with van der Waals surface area (Å²) in [5.41, 5.74) is 3.38. The minimum absolute atomic E-state index is 0.165. The molecule has 180 valence electrons. The Hall–Kier alpha value is -3.28. The highest BCUT2D eigenvalue weighted by Gasteiger charge is 2.37. The van der Waals surface area contributed by atoms with Gasteiger partial charge in [-0.15, -0.1) is 0 Å². The van der Waals surface area contributed by atoms with Gasteiger partial charge in [0.15, 0.2) is 11.5 Å². The van der Waals surface area contributed by atoms with Crippen LogP contribution in [0.5, 0.6) is 17.2 Å². The molecule has 0 amide bonds. The van der Waals surface area contributed by atoms with E-state index in [1.54, 1.807) is 14.2 Å². The summed E-state index contributed by atoms with van der Waals surface area (Å²) in [7, 11) is 3.32. The molecule has 1 saturated heterocycles. The summed E-state index contributed by atoms with van der Waals surface area (Å²) < 4.78 is 17.5. The average Bonchev–Trinajstić information content (AvgIpc) is 2.91. The van der Waals surface area contributed by atoms with Crippen molar-refractivity contribution in [1.82, 2.24) is 4.90 Å². The van der Waals surface area contributed by atoms with Crippen LogP contribution >= 0.6 is 0 Å². The molecule has 0 spiro atoms. The third-order valence-corrected chi connectivity index (χ3v) is 7.68. The van der Waals surface area contributed by atoms with Gasteiger partial charge in [-0.25, -0.2) is 0 Å². The normalized spacial score (nSPS) is 19.9. The summed E-state index contributed by atoms with van der Waals surface area (Å²) >= 11 is 0. The number of benzene rings is 4. The highest BCUT2D eigenvalue weighted by Crippen LogP contribution is 2.47. The zero-order chi connectivity index (χ0) is 23.9. The van der Waals surface area contributed by atoms with Gasteiger partial charge in [0.05, 0.1) is 20.3 Å². The molecular weight excluding hydrogens is 438 g/mol. The second kappa shape index (κ2) is 9.06. The van der Waals surface area contributed by atoms with Gasteiger partial charge >= 0.3 is 0 Å². The van der Waals surface area contributed by atoms with Crippen molar-refractivity contribution in [2.24, 2.45) is 0 Å². The first-order valence-corrected chi connectivity index (χ1v) is 12.4. The molecule has 2 aliphatic heterocycles. The SMILES string of the molecule is COc1cc2c3c(c4ccc(OCc5ccccc5)cc4c2cc1OC)CN1CCCCC1C3O. The second-order valence-electron chi connectivity index (χ2n) is 9.61. The fraction of sp³-hybridized carbons (Fsp3) is 0.333. The van der Waals surface area contributed by atoms with Crippen molar-refractivity contribution in [2.75, 3.05) is 20.8 Å². The topological polar surface area (TPSA) is 51.2 Å². The van der Waals surface area contributed by atoms with E-state index in [1.807, 2.05) is 36.4 Å². The Bertz CT molecular complexity index is 1380. The molecular formula is C30H31NO4. The van der Waals surface area contributed by atoms with E-state index in [2.05, 4.69) is 29.2 Å². The number of fused-ring (bicyclic) bond motifs is 7. The van der Waals surface area contributed by atoms with Crippen molar-refractivity contribution < 1.29 is 19.3 Å². The van der Waals surface area contributed by atoms with E-state index >= 15 is 0 Å². The maximum atomic E-state index is 11.6. The zero-order valence-corrected chi connectivity index (χ0v) is 20.3. The minimum Gasteiger partial charge on any atom is -0.493 e. The monoisotopic (exact) mass is 469 g/mol. The van der Waals surface area contributed by atoms with Gasteiger partial charge in [-0.05, 0) is 81.9 Å². The Kier molecular flexibility index (Phi) is 5.75. The number of hydrogen-bond acceptors (Lipinski definition) is 5. The highest BCUT2D eigenvalue weighted by atomic mass is 16.5. The Labute approximate surface area is 205 Å². The van der Waals surface area contributed by atoms with Crippen molar-refractivity contribution in [1.29, 1.82) is 0 Å². The van der Waals surface area contributed by atoms with E-state index in [0.29, 0.717) is 18.1 Å². The first kappa shape index (κ1) is 22.2. The predicted molar refractivity (Wildman–Crippen MR) is 138 cm³/mol. The predicted octanol–water partition coefficient (Wildman–Crippen LogP) is 5.99. The van der Waals surface area contributed by atoms with Crippen LogP contribution < -0.4 is 14.2 Å². The van der Waals surface area contributed by atoms with E-state index < -0.39 is 6.10 Å². The van der Waals surface area contributed by atoms with Crippen LogP contribution in [0.25, 0.3) is 21.5 Å². The lowest BCUT2D eigenvalue weighted by Crippen LogP contribution is -2.46. The zero-order valence-electron chi connectivity index (χ0n) is 20.3. The van der Waals surface area contributed by atoms with Crippen molar-refractivity contribution in [3.05, 3.63) is 77.4 Å². The summed E-state index contributed by atoms with van der Waals surface area (Å²) in [5.74, 6) is 2.18. The highest BCUT2D eigenvalue weighted by molar-refractivity contribution is 6.12. The second-order valence-corrected chi connectivity index (χ2v) is 9.61. The number of piperidine rings is 1. The number of hydrogen-bond donors (Lipinski definition) is 1. The van der Waals surface area contributed by atoms with Crippen LogP contribution in [-0.4, -0.2) is 36.8 Å². The lowest BCUT2D eigenvalue weighted by atomic mass is 9.80. The summed E-state index contributed by atoms with van der Waals surface area (Å²) in [4.78, 5) is 2.46. The average molecular weight is 470 g/mol. The van der Waals surface area contributed by atoms with Crippen LogP contribution in [0, 0.1) is 0 Å². The molecule has 0 bridgehead atoms. The molecule has 2 aliphatic rings. The van der Waals surface area contributed by atoms with Gasteiger partial charge in [-0.2, -0.15) is 0 Å². The van der Waals surface area contributed by atoms with Crippen LogP contribution in [0.2, 0.25) is 0 Å². The standard InChI is InChI=1S/C30H31NO4/c1-33-27-15-23-22-14-20(35-18-19-8-4-3-5-9-19)11-12-21(22)25-17-31-13-7-6-10-26(31)30(32)29(25)24(23)16-28(27)34-2/h3-5,8-9,11-12,14-16,26,30,32H,6-7,10,13,17-18H2,1-2H3. The Morgan fingerprint density at radius 3 is 2.37 bits per heavy atom. The van der Waals surface area contributed by atoms with Gasteiger partial charge in [-0.3, -0.25) is 4.90 Å². The molecule has 0 saturated carbocycles. The lowest BCUT2D eigenvalue weighted by Gasteiger charge is -2.44. The van der Waals surface area contributed by atoms with Crippen LogP contribution in [0.3, 0.4) is 0 Å². The van der Waals surface area contributed by atoms with Crippen molar-refractivity contribution in [2.45, 2.75) is 44.6 Å². The first-order valence-electron chi connectivity index (χ1n) is 12.4. The number of aliphatic hydroxyl groups excluding tert-OH is 1. The maximum absolute atomic E-state index is 11.6. The van der Waals surface area contributed by atoms with Gasteiger partial charge in [0.1, 0.15) is 12.4 Å². The van der Waals surface area contributed by atoms with Crippen LogP contribution in [-0.2, 0) is 13.2 Å². The Morgan fingerprint density at radius 1 is 0.857 bits per heavy atom. The van der Waals surface area contributed by atoms with E-state index in [9.17, 15) is 5.11 Å². The number of ether oxygens (including phenoxy) is 3. The summed E-state index contributed by atoms with van der Waals surface area (Å²) in [6.07, 6.45) is 2.85.